The van der Waals surface area contributed by atoms with Crippen LogP contribution in [0.2, 0.25) is 10.0 Å². The molecular formula is C11H10Cl2. The zero-order valence-corrected chi connectivity index (χ0v) is 8.91. The van der Waals surface area contributed by atoms with Crippen LogP contribution in [0.25, 0.3) is 0 Å². The summed E-state index contributed by atoms with van der Waals surface area (Å²) in [6.45, 7) is 1.84. The van der Waals surface area contributed by atoms with Gasteiger partial charge >= 0.3 is 0 Å². The Kier molecular flexibility index (Phi) is 4.15. The van der Waals surface area contributed by atoms with E-state index in [9.17, 15) is 0 Å². The Morgan fingerprint density at radius 1 is 1.15 bits per heavy atom. The number of hydrogen-bond donors (Lipinski definition) is 0. The van der Waals surface area contributed by atoms with Gasteiger partial charge in [0.05, 0.1) is 0 Å². The summed E-state index contributed by atoms with van der Waals surface area (Å²) in [5.74, 6) is 5.85. The predicted molar refractivity (Wildman–Crippen MR) is 58.2 cm³/mol. The van der Waals surface area contributed by atoms with E-state index < -0.39 is 0 Å². The number of rotatable bonds is 2. The fourth-order valence-corrected chi connectivity index (χ4v) is 1.66. The lowest BCUT2D eigenvalue weighted by molar-refractivity contribution is 1.03. The second-order valence-electron chi connectivity index (χ2n) is 2.70. The van der Waals surface area contributed by atoms with Crippen molar-refractivity contribution in [3.05, 3.63) is 33.8 Å². The van der Waals surface area contributed by atoms with Crippen LogP contribution < -0.4 is 0 Å². The van der Waals surface area contributed by atoms with Crippen molar-refractivity contribution in [2.45, 2.75) is 19.8 Å². The number of halogens is 2. The maximum absolute atomic E-state index is 5.84. The van der Waals surface area contributed by atoms with Crippen LogP contribution in [0.4, 0.5) is 0 Å². The van der Waals surface area contributed by atoms with Crippen LogP contribution >= 0.6 is 23.2 Å². The van der Waals surface area contributed by atoms with Crippen molar-refractivity contribution in [2.24, 2.45) is 0 Å². The summed E-state index contributed by atoms with van der Waals surface area (Å²) in [7, 11) is 0. The van der Waals surface area contributed by atoms with Crippen LogP contribution in [0.1, 0.15) is 18.9 Å². The molecule has 0 amide bonds. The molecule has 0 N–H and O–H groups in total. The minimum absolute atomic E-state index is 0.687. The van der Waals surface area contributed by atoms with Gasteiger partial charge in [0.1, 0.15) is 0 Å². The van der Waals surface area contributed by atoms with Crippen LogP contribution in [0.15, 0.2) is 18.2 Å². The van der Waals surface area contributed by atoms with Crippen LogP contribution in [0.3, 0.4) is 0 Å². The minimum Gasteiger partial charge on any atom is -0.107 e. The average molecular weight is 213 g/mol. The Morgan fingerprint density at radius 2 is 1.77 bits per heavy atom. The summed E-state index contributed by atoms with van der Waals surface area (Å²) in [5.41, 5.74) is 1.14. The SMILES string of the molecule is CC#CCCc1cc(Cl)cc(Cl)c1. The summed E-state index contributed by atoms with van der Waals surface area (Å²) in [6.07, 6.45) is 1.76. The van der Waals surface area contributed by atoms with Crippen LogP contribution in [-0.4, -0.2) is 0 Å². The number of hydrogen-bond acceptors (Lipinski definition) is 0. The highest BCUT2D eigenvalue weighted by Gasteiger charge is 1.96. The van der Waals surface area contributed by atoms with E-state index in [0.29, 0.717) is 10.0 Å². The molecule has 0 aliphatic carbocycles. The molecule has 2 heteroatoms. The smallest absolute Gasteiger partial charge is 0.0423 e. The van der Waals surface area contributed by atoms with Gasteiger partial charge in [-0.3, -0.25) is 0 Å². The van der Waals surface area contributed by atoms with E-state index in [1.807, 2.05) is 19.1 Å². The molecule has 1 aromatic carbocycles. The van der Waals surface area contributed by atoms with Crippen molar-refractivity contribution in [1.29, 1.82) is 0 Å². The van der Waals surface area contributed by atoms with Gasteiger partial charge in [0.2, 0.25) is 0 Å². The van der Waals surface area contributed by atoms with E-state index in [1.165, 1.54) is 0 Å². The summed E-state index contributed by atoms with van der Waals surface area (Å²) in [6, 6.07) is 5.58. The standard InChI is InChI=1S/C11H10Cl2/c1-2-3-4-5-9-6-10(12)8-11(13)7-9/h6-8H,4-5H2,1H3. The molecule has 0 unspecified atom stereocenters. The third-order valence-electron chi connectivity index (χ3n) is 1.64. The second kappa shape index (κ2) is 5.17. The maximum atomic E-state index is 5.84. The van der Waals surface area contributed by atoms with E-state index in [1.54, 1.807) is 6.07 Å². The molecule has 0 radical (unpaired) electrons. The fraction of sp³-hybridized carbons (Fsp3) is 0.273. The molecule has 0 heterocycles. The van der Waals surface area contributed by atoms with Crippen molar-refractivity contribution < 1.29 is 0 Å². The van der Waals surface area contributed by atoms with Gasteiger partial charge in [-0.2, -0.15) is 0 Å². The van der Waals surface area contributed by atoms with E-state index in [4.69, 9.17) is 23.2 Å². The number of benzene rings is 1. The van der Waals surface area contributed by atoms with Gasteiger partial charge in [-0.25, -0.2) is 0 Å². The third-order valence-corrected chi connectivity index (χ3v) is 2.07. The van der Waals surface area contributed by atoms with Gasteiger partial charge in [-0.05, 0) is 37.1 Å². The van der Waals surface area contributed by atoms with E-state index in [2.05, 4.69) is 11.8 Å². The van der Waals surface area contributed by atoms with Crippen LogP contribution in [0, 0.1) is 11.8 Å². The highest BCUT2D eigenvalue weighted by Crippen LogP contribution is 2.19. The molecule has 68 valence electrons. The lowest BCUT2D eigenvalue weighted by Crippen LogP contribution is -1.83. The summed E-state index contributed by atoms with van der Waals surface area (Å²) < 4.78 is 0. The molecule has 13 heavy (non-hydrogen) atoms. The maximum Gasteiger partial charge on any atom is 0.0423 e. The summed E-state index contributed by atoms with van der Waals surface area (Å²) >= 11 is 11.7. The Morgan fingerprint density at radius 3 is 2.31 bits per heavy atom. The molecule has 0 aliphatic heterocycles. The Labute approximate surface area is 88.9 Å². The molecular weight excluding hydrogens is 203 g/mol. The van der Waals surface area contributed by atoms with E-state index in [-0.39, 0.29) is 0 Å². The summed E-state index contributed by atoms with van der Waals surface area (Å²) in [4.78, 5) is 0. The van der Waals surface area contributed by atoms with Crippen molar-refractivity contribution in [2.75, 3.05) is 0 Å². The summed E-state index contributed by atoms with van der Waals surface area (Å²) in [5, 5.41) is 1.37. The normalized spacial score (nSPS) is 9.15. The molecule has 0 saturated heterocycles. The predicted octanol–water partition coefficient (Wildman–Crippen LogP) is 3.95. The highest BCUT2D eigenvalue weighted by molar-refractivity contribution is 6.34. The topological polar surface area (TPSA) is 0 Å². The van der Waals surface area contributed by atoms with Crippen molar-refractivity contribution in [3.63, 3.8) is 0 Å². The van der Waals surface area contributed by atoms with Crippen LogP contribution in [-0.2, 0) is 6.42 Å². The lowest BCUT2D eigenvalue weighted by Gasteiger charge is -1.99. The lowest BCUT2D eigenvalue weighted by atomic mass is 10.1. The zero-order valence-electron chi connectivity index (χ0n) is 7.40. The molecule has 0 spiro atoms. The molecule has 0 aromatic heterocycles. The van der Waals surface area contributed by atoms with E-state index in [0.717, 1.165) is 18.4 Å². The second-order valence-corrected chi connectivity index (χ2v) is 3.58. The number of aryl methyl sites for hydroxylation is 1. The molecule has 1 aromatic rings. The first-order chi connectivity index (χ1) is 6.22. The van der Waals surface area contributed by atoms with Crippen molar-refractivity contribution in [3.8, 4) is 11.8 Å². The molecule has 0 atom stereocenters. The first-order valence-corrected chi connectivity index (χ1v) is 4.82. The fourth-order valence-electron chi connectivity index (χ4n) is 1.09. The monoisotopic (exact) mass is 212 g/mol. The van der Waals surface area contributed by atoms with Gasteiger partial charge in [0.25, 0.3) is 0 Å². The van der Waals surface area contributed by atoms with Gasteiger partial charge in [0.15, 0.2) is 0 Å². The highest BCUT2D eigenvalue weighted by atomic mass is 35.5. The molecule has 0 nitrogen and oxygen atoms in total. The molecule has 0 saturated carbocycles. The minimum atomic E-state index is 0.687. The van der Waals surface area contributed by atoms with Gasteiger partial charge < -0.3 is 0 Å². The van der Waals surface area contributed by atoms with Gasteiger partial charge in [0, 0.05) is 16.5 Å². The quantitative estimate of drug-likeness (QED) is 0.652. The molecule has 0 aliphatic rings. The Bertz CT molecular complexity index is 325. The first-order valence-electron chi connectivity index (χ1n) is 4.07. The van der Waals surface area contributed by atoms with Gasteiger partial charge in [-0.1, -0.05) is 23.2 Å². The molecule has 1 rings (SSSR count). The zero-order chi connectivity index (χ0) is 9.68. The van der Waals surface area contributed by atoms with Crippen molar-refractivity contribution >= 4 is 23.2 Å². The average Bonchev–Trinajstić information content (AvgIpc) is 2.03. The third kappa shape index (κ3) is 3.72. The van der Waals surface area contributed by atoms with Crippen molar-refractivity contribution in [1.82, 2.24) is 0 Å². The molecule has 0 bridgehead atoms. The Balaban J connectivity index is 2.69. The van der Waals surface area contributed by atoms with Crippen LogP contribution in [0.5, 0.6) is 0 Å². The van der Waals surface area contributed by atoms with E-state index >= 15 is 0 Å². The Hall–Kier alpha value is -0.640. The first kappa shape index (κ1) is 10.4. The van der Waals surface area contributed by atoms with Gasteiger partial charge in [-0.15, -0.1) is 11.8 Å². The molecule has 0 fully saturated rings. The largest absolute Gasteiger partial charge is 0.107 e.